The monoisotopic (exact) mass is 314 g/mol. The van der Waals surface area contributed by atoms with Gasteiger partial charge in [-0.25, -0.2) is 0 Å². The van der Waals surface area contributed by atoms with Gasteiger partial charge in [0.25, 0.3) is 0 Å². The van der Waals surface area contributed by atoms with Gasteiger partial charge in [-0.2, -0.15) is 0 Å². The smallest absolute Gasteiger partial charge is 0.105 e. The van der Waals surface area contributed by atoms with Crippen LogP contribution in [0.4, 0.5) is 5.69 Å². The molecule has 128 valence electrons. The van der Waals surface area contributed by atoms with Crippen molar-refractivity contribution in [3.05, 3.63) is 42.7 Å². The summed E-state index contributed by atoms with van der Waals surface area (Å²) in [5, 5.41) is 0. The van der Waals surface area contributed by atoms with Gasteiger partial charge in [0.2, 0.25) is 0 Å². The van der Waals surface area contributed by atoms with Gasteiger partial charge in [0.1, 0.15) is 6.17 Å². The van der Waals surface area contributed by atoms with Crippen molar-refractivity contribution < 1.29 is 0 Å². The highest BCUT2D eigenvalue weighted by molar-refractivity contribution is 5.51. The Morgan fingerprint density at radius 1 is 0.783 bits per heavy atom. The topological polar surface area (TPSA) is 6.48 Å². The molecule has 0 aliphatic carbocycles. The van der Waals surface area contributed by atoms with E-state index < -0.39 is 0 Å². The molecule has 1 aromatic carbocycles. The van der Waals surface area contributed by atoms with E-state index in [9.17, 15) is 0 Å². The van der Waals surface area contributed by atoms with Crippen molar-refractivity contribution in [1.82, 2.24) is 4.90 Å². The molecule has 1 atom stereocenters. The Morgan fingerprint density at radius 3 is 2.17 bits per heavy atom. The van der Waals surface area contributed by atoms with Gasteiger partial charge in [-0.15, -0.1) is 0 Å². The average Bonchev–Trinajstić information content (AvgIpc) is 2.99. The minimum absolute atomic E-state index is 0.510. The molecule has 0 aromatic heterocycles. The number of unbranched alkanes of at least 4 members (excludes halogenated alkanes) is 6. The van der Waals surface area contributed by atoms with Crippen LogP contribution in [0.5, 0.6) is 0 Å². The highest BCUT2D eigenvalue weighted by atomic mass is 15.4. The lowest BCUT2D eigenvalue weighted by Crippen LogP contribution is -2.39. The van der Waals surface area contributed by atoms with Crippen LogP contribution in [0.3, 0.4) is 0 Å². The van der Waals surface area contributed by atoms with E-state index in [0.29, 0.717) is 6.17 Å². The van der Waals surface area contributed by atoms with Crippen LogP contribution >= 0.6 is 0 Å². The molecule has 0 N–H and O–H groups in total. The summed E-state index contributed by atoms with van der Waals surface area (Å²) in [5.41, 5.74) is 1.32. The lowest BCUT2D eigenvalue weighted by molar-refractivity contribution is 0.273. The second-order valence-electron chi connectivity index (χ2n) is 6.67. The van der Waals surface area contributed by atoms with Crippen LogP contribution in [0.1, 0.15) is 71.6 Å². The fraction of sp³-hybridized carbons (Fsp3) is 0.619. The lowest BCUT2D eigenvalue weighted by Gasteiger charge is -2.33. The SMILES string of the molecule is CCCCCCC1N(CCCCCC)C=CN1c1ccccc1. The highest BCUT2D eigenvalue weighted by Gasteiger charge is 2.26. The molecule has 0 spiro atoms. The zero-order chi connectivity index (χ0) is 16.3. The summed E-state index contributed by atoms with van der Waals surface area (Å²) in [6, 6.07) is 10.8. The van der Waals surface area contributed by atoms with Crippen LogP contribution in [0, 0.1) is 0 Å². The normalized spacial score (nSPS) is 17.2. The third kappa shape index (κ3) is 5.60. The molecule has 1 aromatic rings. The molecule has 1 aliphatic rings. The Kier molecular flexibility index (Phi) is 8.06. The molecule has 1 heterocycles. The molecule has 2 heteroatoms. The maximum Gasteiger partial charge on any atom is 0.105 e. The first-order valence-corrected chi connectivity index (χ1v) is 9.64. The summed E-state index contributed by atoms with van der Waals surface area (Å²) in [7, 11) is 0. The highest BCUT2D eigenvalue weighted by Crippen LogP contribution is 2.28. The van der Waals surface area contributed by atoms with E-state index in [1.807, 2.05) is 0 Å². The fourth-order valence-corrected chi connectivity index (χ4v) is 3.38. The van der Waals surface area contributed by atoms with Gasteiger partial charge in [0.05, 0.1) is 0 Å². The van der Waals surface area contributed by atoms with Crippen LogP contribution in [-0.4, -0.2) is 17.6 Å². The molecule has 2 rings (SSSR count). The number of nitrogens with zero attached hydrogens (tertiary/aromatic N) is 2. The molecule has 0 saturated carbocycles. The molecule has 1 aliphatic heterocycles. The Labute approximate surface area is 143 Å². The van der Waals surface area contributed by atoms with Crippen molar-refractivity contribution in [3.63, 3.8) is 0 Å². The van der Waals surface area contributed by atoms with E-state index in [4.69, 9.17) is 0 Å². The van der Waals surface area contributed by atoms with Gasteiger partial charge in [-0.1, -0.05) is 70.6 Å². The standard InChI is InChI=1S/C21H34N2/c1-3-5-7-12-16-21-22(17-13-8-6-4-2)18-19-23(21)20-14-10-9-11-15-20/h9-11,14-15,18-19,21H,3-8,12-13,16-17H2,1-2H3. The minimum atomic E-state index is 0.510. The van der Waals surface area contributed by atoms with Gasteiger partial charge in [0.15, 0.2) is 0 Å². The summed E-state index contributed by atoms with van der Waals surface area (Å²) in [6.45, 7) is 5.76. The van der Waals surface area contributed by atoms with Gasteiger partial charge < -0.3 is 9.80 Å². The Bertz CT molecular complexity index is 440. The number of rotatable bonds is 11. The molecule has 0 amide bonds. The number of hydrogen-bond donors (Lipinski definition) is 0. The van der Waals surface area contributed by atoms with Gasteiger partial charge in [-0.3, -0.25) is 0 Å². The molecule has 0 fully saturated rings. The van der Waals surface area contributed by atoms with Crippen molar-refractivity contribution in [2.45, 2.75) is 77.8 Å². The van der Waals surface area contributed by atoms with Crippen LogP contribution in [-0.2, 0) is 0 Å². The molecule has 23 heavy (non-hydrogen) atoms. The second kappa shape index (κ2) is 10.4. The number of para-hydroxylation sites is 1. The van der Waals surface area contributed by atoms with Crippen LogP contribution in [0.15, 0.2) is 42.7 Å². The summed E-state index contributed by atoms with van der Waals surface area (Å²) in [5.74, 6) is 0. The zero-order valence-electron chi connectivity index (χ0n) is 15.1. The first-order chi connectivity index (χ1) is 11.4. The maximum absolute atomic E-state index is 2.56. The van der Waals surface area contributed by atoms with Crippen LogP contribution < -0.4 is 4.90 Å². The van der Waals surface area contributed by atoms with Crippen molar-refractivity contribution in [2.75, 3.05) is 11.4 Å². The largest absolute Gasteiger partial charge is 0.356 e. The zero-order valence-corrected chi connectivity index (χ0v) is 15.1. The van der Waals surface area contributed by atoms with Crippen molar-refractivity contribution in [2.24, 2.45) is 0 Å². The summed E-state index contributed by atoms with van der Waals surface area (Å²) in [6.07, 6.45) is 17.1. The molecule has 0 saturated heterocycles. The number of hydrogen-bond acceptors (Lipinski definition) is 2. The number of anilines is 1. The van der Waals surface area contributed by atoms with E-state index in [1.54, 1.807) is 0 Å². The van der Waals surface area contributed by atoms with Crippen molar-refractivity contribution in [3.8, 4) is 0 Å². The summed E-state index contributed by atoms with van der Waals surface area (Å²) in [4.78, 5) is 5.03. The molecule has 2 nitrogen and oxygen atoms in total. The number of benzene rings is 1. The third-order valence-electron chi connectivity index (χ3n) is 4.76. The fourth-order valence-electron chi connectivity index (χ4n) is 3.38. The molecule has 0 radical (unpaired) electrons. The molecular weight excluding hydrogens is 280 g/mol. The summed E-state index contributed by atoms with van der Waals surface area (Å²) >= 11 is 0. The van der Waals surface area contributed by atoms with E-state index in [2.05, 4.69) is 66.4 Å². The van der Waals surface area contributed by atoms with Gasteiger partial charge in [-0.05, 0) is 31.4 Å². The van der Waals surface area contributed by atoms with Crippen molar-refractivity contribution in [1.29, 1.82) is 0 Å². The quantitative estimate of drug-likeness (QED) is 0.451. The van der Waals surface area contributed by atoms with Crippen LogP contribution in [0.2, 0.25) is 0 Å². The molecule has 0 bridgehead atoms. The third-order valence-corrected chi connectivity index (χ3v) is 4.76. The van der Waals surface area contributed by atoms with Crippen LogP contribution in [0.25, 0.3) is 0 Å². The van der Waals surface area contributed by atoms with E-state index in [0.717, 1.165) is 0 Å². The lowest BCUT2D eigenvalue weighted by atomic mass is 10.1. The average molecular weight is 315 g/mol. The minimum Gasteiger partial charge on any atom is -0.356 e. The predicted molar refractivity (Wildman–Crippen MR) is 101 cm³/mol. The van der Waals surface area contributed by atoms with E-state index >= 15 is 0 Å². The molecule has 1 unspecified atom stereocenters. The maximum atomic E-state index is 2.56. The second-order valence-corrected chi connectivity index (χ2v) is 6.67. The Hall–Kier alpha value is -1.44. The van der Waals surface area contributed by atoms with Gasteiger partial charge in [0, 0.05) is 24.6 Å². The first-order valence-electron chi connectivity index (χ1n) is 9.64. The van der Waals surface area contributed by atoms with E-state index in [1.165, 1.54) is 70.0 Å². The Balaban J connectivity index is 1.93. The van der Waals surface area contributed by atoms with Crippen molar-refractivity contribution >= 4 is 5.69 Å². The van der Waals surface area contributed by atoms with Gasteiger partial charge >= 0.3 is 0 Å². The predicted octanol–water partition coefficient (Wildman–Crippen LogP) is 6.16. The first kappa shape index (κ1) is 17.9. The Morgan fingerprint density at radius 2 is 1.48 bits per heavy atom. The van der Waals surface area contributed by atoms with E-state index in [-0.39, 0.29) is 0 Å². The molecular formula is C21H34N2. The summed E-state index contributed by atoms with van der Waals surface area (Å²) < 4.78 is 0.